The van der Waals surface area contributed by atoms with Crippen molar-refractivity contribution < 1.29 is 9.63 Å². The smallest absolute Gasteiger partial charge is 0.222 e. The molecule has 0 saturated carbocycles. The van der Waals surface area contributed by atoms with Gasteiger partial charge in [-0.15, -0.1) is 0 Å². The SMILES string of the molecule is CC(C)(C)CCCCNC(=O)CCON. The van der Waals surface area contributed by atoms with Crippen molar-refractivity contribution in [3.63, 3.8) is 0 Å². The predicted octanol–water partition coefficient (Wildman–Crippen LogP) is 1.60. The van der Waals surface area contributed by atoms with E-state index in [2.05, 4.69) is 30.9 Å². The van der Waals surface area contributed by atoms with E-state index in [4.69, 9.17) is 5.90 Å². The molecule has 0 saturated heterocycles. The Morgan fingerprint density at radius 3 is 2.53 bits per heavy atom. The quantitative estimate of drug-likeness (QED) is 0.502. The largest absolute Gasteiger partial charge is 0.356 e. The molecule has 4 nitrogen and oxygen atoms in total. The Kier molecular flexibility index (Phi) is 7.34. The van der Waals surface area contributed by atoms with E-state index in [1.54, 1.807) is 0 Å². The van der Waals surface area contributed by atoms with Gasteiger partial charge in [-0.3, -0.25) is 4.79 Å². The summed E-state index contributed by atoms with van der Waals surface area (Å²) in [6, 6.07) is 0. The minimum Gasteiger partial charge on any atom is -0.356 e. The molecule has 0 aliphatic carbocycles. The van der Waals surface area contributed by atoms with Gasteiger partial charge in [0.2, 0.25) is 5.91 Å². The van der Waals surface area contributed by atoms with Crippen molar-refractivity contribution in [1.82, 2.24) is 5.32 Å². The van der Waals surface area contributed by atoms with Gasteiger partial charge in [0, 0.05) is 6.54 Å². The molecule has 0 aromatic heterocycles. The fraction of sp³-hybridized carbons (Fsp3) is 0.909. The third kappa shape index (κ3) is 11.3. The highest BCUT2D eigenvalue weighted by molar-refractivity contribution is 5.75. The first-order chi connectivity index (χ1) is 6.95. The number of hydrogen-bond donors (Lipinski definition) is 2. The highest BCUT2D eigenvalue weighted by Crippen LogP contribution is 2.20. The second-order valence-corrected chi connectivity index (χ2v) is 4.99. The molecule has 0 atom stereocenters. The highest BCUT2D eigenvalue weighted by Gasteiger charge is 2.08. The van der Waals surface area contributed by atoms with E-state index in [0.717, 1.165) is 19.4 Å². The molecule has 0 radical (unpaired) electrons. The standard InChI is InChI=1S/C11H24N2O2/c1-11(2,3)7-4-5-8-13-10(14)6-9-15-12/h4-9,12H2,1-3H3,(H,13,14). The maximum atomic E-state index is 11.1. The van der Waals surface area contributed by atoms with Crippen LogP contribution in [-0.2, 0) is 9.63 Å². The number of hydrogen-bond acceptors (Lipinski definition) is 3. The topological polar surface area (TPSA) is 64.3 Å². The number of carbonyl (C=O) groups is 1. The Bertz CT molecular complexity index is 176. The van der Waals surface area contributed by atoms with Crippen molar-refractivity contribution in [1.29, 1.82) is 0 Å². The molecule has 3 N–H and O–H groups in total. The summed E-state index contributed by atoms with van der Waals surface area (Å²) in [5.74, 6) is 4.83. The average molecular weight is 216 g/mol. The molecule has 15 heavy (non-hydrogen) atoms. The lowest BCUT2D eigenvalue weighted by Crippen LogP contribution is -2.26. The van der Waals surface area contributed by atoms with Gasteiger partial charge in [0.25, 0.3) is 0 Å². The molecule has 0 aliphatic heterocycles. The molecular weight excluding hydrogens is 192 g/mol. The molecule has 0 bridgehead atoms. The van der Waals surface area contributed by atoms with Crippen molar-refractivity contribution in [3.8, 4) is 0 Å². The van der Waals surface area contributed by atoms with Crippen LogP contribution in [-0.4, -0.2) is 19.1 Å². The van der Waals surface area contributed by atoms with Crippen LogP contribution in [0.2, 0.25) is 0 Å². The van der Waals surface area contributed by atoms with Crippen LogP contribution in [0.1, 0.15) is 46.5 Å². The predicted molar refractivity (Wildman–Crippen MR) is 61.1 cm³/mol. The van der Waals surface area contributed by atoms with E-state index in [0.29, 0.717) is 11.8 Å². The first-order valence-electron chi connectivity index (χ1n) is 5.54. The zero-order valence-corrected chi connectivity index (χ0v) is 10.1. The Morgan fingerprint density at radius 2 is 2.00 bits per heavy atom. The minimum atomic E-state index is 0.0104. The fourth-order valence-corrected chi connectivity index (χ4v) is 1.25. The number of unbranched alkanes of at least 4 members (excludes halogenated alkanes) is 1. The van der Waals surface area contributed by atoms with Crippen LogP contribution < -0.4 is 11.2 Å². The van der Waals surface area contributed by atoms with Crippen molar-refractivity contribution in [3.05, 3.63) is 0 Å². The van der Waals surface area contributed by atoms with Crippen molar-refractivity contribution in [2.75, 3.05) is 13.2 Å². The van der Waals surface area contributed by atoms with Gasteiger partial charge in [-0.05, 0) is 18.3 Å². The molecule has 0 rings (SSSR count). The molecule has 0 fully saturated rings. The Balaban J connectivity index is 3.27. The van der Waals surface area contributed by atoms with Gasteiger partial charge in [-0.2, -0.15) is 0 Å². The molecular formula is C11H24N2O2. The summed E-state index contributed by atoms with van der Waals surface area (Å²) < 4.78 is 0. The molecule has 1 amide bonds. The van der Waals surface area contributed by atoms with Gasteiger partial charge in [0.15, 0.2) is 0 Å². The summed E-state index contributed by atoms with van der Waals surface area (Å²) >= 11 is 0. The summed E-state index contributed by atoms with van der Waals surface area (Å²) in [4.78, 5) is 15.4. The normalized spacial score (nSPS) is 11.5. The molecule has 0 aromatic rings. The second kappa shape index (κ2) is 7.65. The minimum absolute atomic E-state index is 0.0104. The number of nitrogens with two attached hydrogens (primary N) is 1. The number of amides is 1. The van der Waals surface area contributed by atoms with Crippen LogP contribution in [0.3, 0.4) is 0 Å². The summed E-state index contributed by atoms with van der Waals surface area (Å²) in [5, 5.41) is 2.83. The lowest BCUT2D eigenvalue weighted by Gasteiger charge is -2.17. The van der Waals surface area contributed by atoms with Crippen molar-refractivity contribution in [2.24, 2.45) is 11.3 Å². The van der Waals surface area contributed by atoms with Gasteiger partial charge in [-0.1, -0.05) is 27.2 Å². The Hall–Kier alpha value is -0.610. The lowest BCUT2D eigenvalue weighted by atomic mass is 9.90. The number of carbonyl (C=O) groups excluding carboxylic acids is 1. The zero-order valence-electron chi connectivity index (χ0n) is 10.1. The van der Waals surface area contributed by atoms with E-state index in [1.165, 1.54) is 6.42 Å². The first kappa shape index (κ1) is 14.4. The maximum absolute atomic E-state index is 11.1. The third-order valence-electron chi connectivity index (χ3n) is 2.12. The van der Waals surface area contributed by atoms with E-state index < -0.39 is 0 Å². The lowest BCUT2D eigenvalue weighted by molar-refractivity contribution is -0.122. The summed E-state index contributed by atoms with van der Waals surface area (Å²) in [7, 11) is 0. The third-order valence-corrected chi connectivity index (χ3v) is 2.12. The van der Waals surface area contributed by atoms with Gasteiger partial charge in [0.05, 0.1) is 13.0 Å². The molecule has 0 spiro atoms. The summed E-state index contributed by atoms with van der Waals surface area (Å²) in [5.41, 5.74) is 0.386. The molecule has 4 heteroatoms. The van der Waals surface area contributed by atoms with Crippen LogP contribution in [0.4, 0.5) is 0 Å². The highest BCUT2D eigenvalue weighted by atomic mass is 16.6. The first-order valence-corrected chi connectivity index (χ1v) is 5.54. The zero-order chi connectivity index (χ0) is 11.7. The van der Waals surface area contributed by atoms with Crippen LogP contribution in [0, 0.1) is 5.41 Å². The van der Waals surface area contributed by atoms with Gasteiger partial charge < -0.3 is 10.2 Å². The molecule has 0 heterocycles. The maximum Gasteiger partial charge on any atom is 0.222 e. The molecule has 0 unspecified atom stereocenters. The second-order valence-electron chi connectivity index (χ2n) is 4.99. The summed E-state index contributed by atoms with van der Waals surface area (Å²) in [6.45, 7) is 7.71. The van der Waals surface area contributed by atoms with Crippen LogP contribution in [0.15, 0.2) is 0 Å². The molecule has 90 valence electrons. The Labute approximate surface area is 92.5 Å². The van der Waals surface area contributed by atoms with E-state index in [-0.39, 0.29) is 12.5 Å². The van der Waals surface area contributed by atoms with Crippen LogP contribution in [0.25, 0.3) is 0 Å². The monoisotopic (exact) mass is 216 g/mol. The average Bonchev–Trinajstić information content (AvgIpc) is 2.12. The number of nitrogens with one attached hydrogen (secondary N) is 1. The molecule has 0 aliphatic rings. The van der Waals surface area contributed by atoms with Crippen molar-refractivity contribution >= 4 is 5.91 Å². The summed E-state index contributed by atoms with van der Waals surface area (Å²) in [6.07, 6.45) is 3.72. The van der Waals surface area contributed by atoms with E-state index >= 15 is 0 Å². The van der Waals surface area contributed by atoms with Gasteiger partial charge in [0.1, 0.15) is 0 Å². The number of rotatable bonds is 7. The van der Waals surface area contributed by atoms with E-state index in [9.17, 15) is 4.79 Å². The van der Waals surface area contributed by atoms with Gasteiger partial charge in [-0.25, -0.2) is 5.90 Å². The van der Waals surface area contributed by atoms with Crippen LogP contribution in [0.5, 0.6) is 0 Å². The fourth-order valence-electron chi connectivity index (χ4n) is 1.25. The van der Waals surface area contributed by atoms with Gasteiger partial charge >= 0.3 is 0 Å². The molecule has 0 aromatic carbocycles. The Morgan fingerprint density at radius 1 is 1.33 bits per heavy atom. The van der Waals surface area contributed by atoms with Crippen molar-refractivity contribution in [2.45, 2.75) is 46.5 Å². The van der Waals surface area contributed by atoms with E-state index in [1.807, 2.05) is 0 Å². The van der Waals surface area contributed by atoms with Crippen LogP contribution >= 0.6 is 0 Å².